The summed E-state index contributed by atoms with van der Waals surface area (Å²) in [7, 11) is 0. The quantitative estimate of drug-likeness (QED) is 0.103. The first-order valence-electron chi connectivity index (χ1n) is 18.4. The van der Waals surface area contributed by atoms with Gasteiger partial charge in [-0.15, -0.1) is 0 Å². The Balaban J connectivity index is 1.28. The number of hydrogen-bond acceptors (Lipinski definition) is 11. The number of anilines is 1. The first-order valence-corrected chi connectivity index (χ1v) is 18.4. The summed E-state index contributed by atoms with van der Waals surface area (Å²) in [6, 6.07) is 16.1. The molecule has 0 radical (unpaired) electrons. The number of aliphatic hydroxyl groups excluding tert-OH is 4. The maximum Gasteiger partial charge on any atom is 0.327 e. The number of phenolic OH excluding ortho intramolecular Hbond substituents is 2. The molecule has 290 valence electrons. The van der Waals surface area contributed by atoms with Gasteiger partial charge >= 0.3 is 5.97 Å². The molecular formula is C41H45N3O11. The van der Waals surface area contributed by atoms with Crippen LogP contribution in [0.3, 0.4) is 0 Å². The topological polar surface area (TPSA) is 226 Å². The number of aromatic nitrogens is 2. The Bertz CT molecular complexity index is 2010. The average Bonchev–Trinajstić information content (AvgIpc) is 3.81. The largest absolute Gasteiger partial charge is 0.508 e. The number of rotatable bonds is 11. The van der Waals surface area contributed by atoms with Crippen LogP contribution in [-0.4, -0.2) is 101 Å². The van der Waals surface area contributed by atoms with E-state index < -0.39 is 72.3 Å². The molecule has 1 aromatic heterocycles. The number of benzene rings is 3. The van der Waals surface area contributed by atoms with Crippen LogP contribution in [0.25, 0.3) is 6.08 Å². The lowest BCUT2D eigenvalue weighted by Crippen LogP contribution is -2.60. The number of nitrogens with zero attached hydrogens (tertiary/aromatic N) is 2. The number of aliphatic hydroxyl groups is 4. The monoisotopic (exact) mass is 755 g/mol. The summed E-state index contributed by atoms with van der Waals surface area (Å²) in [6.45, 7) is -0.702. The number of carbonyl (C=O) groups excluding carboxylic acids is 1. The van der Waals surface area contributed by atoms with Crippen LogP contribution in [0.15, 0.2) is 79.3 Å². The highest BCUT2D eigenvalue weighted by atomic mass is 16.7. The molecule has 55 heavy (non-hydrogen) atoms. The van der Waals surface area contributed by atoms with E-state index in [1.807, 2.05) is 18.2 Å². The third kappa shape index (κ3) is 7.56. The van der Waals surface area contributed by atoms with Crippen LogP contribution in [0.1, 0.15) is 72.4 Å². The summed E-state index contributed by atoms with van der Waals surface area (Å²) in [4.78, 5) is 35.9. The van der Waals surface area contributed by atoms with Gasteiger partial charge in [-0.3, -0.25) is 9.69 Å². The van der Waals surface area contributed by atoms with Crippen molar-refractivity contribution in [2.24, 2.45) is 0 Å². The van der Waals surface area contributed by atoms with Crippen molar-refractivity contribution in [2.75, 3.05) is 11.5 Å². The molecule has 1 saturated carbocycles. The van der Waals surface area contributed by atoms with Gasteiger partial charge in [0.2, 0.25) is 6.29 Å². The Morgan fingerprint density at radius 2 is 1.73 bits per heavy atom. The second-order valence-corrected chi connectivity index (χ2v) is 14.7. The third-order valence-corrected chi connectivity index (χ3v) is 11.3. The summed E-state index contributed by atoms with van der Waals surface area (Å²) < 4.78 is 11.3. The molecule has 4 aromatic rings. The molecule has 14 nitrogen and oxygen atoms in total. The molecule has 3 aliphatic rings. The minimum absolute atomic E-state index is 0.0575. The van der Waals surface area contributed by atoms with E-state index in [4.69, 9.17) is 9.47 Å². The number of fused-ring (bicyclic) bond motifs is 1. The highest BCUT2D eigenvalue weighted by molar-refractivity contribution is 6.10. The maximum absolute atomic E-state index is 14.3. The molecule has 14 heteroatoms. The van der Waals surface area contributed by atoms with Gasteiger partial charge in [-0.25, -0.2) is 9.78 Å². The molecule has 1 aliphatic carbocycles. The van der Waals surface area contributed by atoms with Crippen molar-refractivity contribution in [3.63, 3.8) is 0 Å². The summed E-state index contributed by atoms with van der Waals surface area (Å²) in [5, 5.41) is 73.8. The fourth-order valence-corrected chi connectivity index (χ4v) is 8.46. The molecular weight excluding hydrogens is 710 g/mol. The number of nitrogens with one attached hydrogen (secondary N) is 1. The van der Waals surface area contributed by atoms with E-state index in [-0.39, 0.29) is 17.2 Å². The summed E-state index contributed by atoms with van der Waals surface area (Å²) in [5.74, 6) is -3.33. The Labute approximate surface area is 316 Å². The van der Waals surface area contributed by atoms with Crippen LogP contribution in [0, 0.1) is 0 Å². The number of hydrogen-bond donors (Lipinski definition) is 8. The van der Waals surface area contributed by atoms with Crippen molar-refractivity contribution < 1.29 is 54.8 Å². The molecule has 8 N–H and O–H groups in total. The standard InChI is InChI=1S/C41H45N3O11/c45-21-33-36(49)37(50)38(51)40(55-33)54-32-18-29-27(17-31(32)47)28(19-41(13-5-2-6-14-41)25-7-3-1-4-8-25)35(39(52)53)44(29)34(48)12-10-23-9-11-30(46)24(15-23)16-26-20-42-22-43-26/h1,3-4,7-12,15,17-18,20,22,28,33,35-38,40,45-47,49-51H,2,5-6,13-14,16,19,21H2,(H,42,43)(H,52,53)/b12-10+/t28-,33-,35-,36-,37+,38-,40-/m1/s1. The minimum Gasteiger partial charge on any atom is -0.508 e. The van der Waals surface area contributed by atoms with Gasteiger partial charge < -0.3 is 50.2 Å². The van der Waals surface area contributed by atoms with E-state index in [0.717, 1.165) is 43.4 Å². The van der Waals surface area contributed by atoms with E-state index in [1.54, 1.807) is 18.3 Å². The molecule has 1 saturated heterocycles. The predicted octanol–water partition coefficient (Wildman–Crippen LogP) is 3.48. The summed E-state index contributed by atoms with van der Waals surface area (Å²) in [5.41, 5.74) is 3.18. The van der Waals surface area contributed by atoms with Crippen LogP contribution in [0.5, 0.6) is 17.2 Å². The number of aromatic amines is 1. The van der Waals surface area contributed by atoms with E-state index in [0.29, 0.717) is 29.5 Å². The van der Waals surface area contributed by atoms with Gasteiger partial charge in [0.25, 0.3) is 5.91 Å². The SMILES string of the molecule is O=C(O)[C@H]1[C@H](CC2(c3ccccc3)CCCCC2)c2cc(O)c(O[C@@H]3O[C@H](CO)[C@@H](O)[C@H](O)[C@H]3O)cc2N1C(=O)/C=C/c1ccc(O)c(Cc2cnc[nH]2)c1. The van der Waals surface area contributed by atoms with E-state index >= 15 is 0 Å². The van der Waals surface area contributed by atoms with E-state index in [1.165, 1.54) is 41.6 Å². The molecule has 0 bridgehead atoms. The van der Waals surface area contributed by atoms with Gasteiger partial charge in [0, 0.05) is 41.9 Å². The van der Waals surface area contributed by atoms with E-state index in [2.05, 4.69) is 22.1 Å². The lowest BCUT2D eigenvalue weighted by molar-refractivity contribution is -0.277. The van der Waals surface area contributed by atoms with Crippen molar-refractivity contribution in [1.29, 1.82) is 0 Å². The molecule has 0 spiro atoms. The first-order chi connectivity index (χ1) is 26.5. The fourth-order valence-electron chi connectivity index (χ4n) is 8.46. The number of phenols is 2. The Kier molecular flexibility index (Phi) is 11.0. The Morgan fingerprint density at radius 3 is 2.42 bits per heavy atom. The number of carboxylic acid groups (broad SMARTS) is 1. The van der Waals surface area contributed by atoms with Gasteiger partial charge in [0.05, 0.1) is 18.6 Å². The van der Waals surface area contributed by atoms with Crippen molar-refractivity contribution in [2.45, 2.75) is 93.0 Å². The lowest BCUT2D eigenvalue weighted by Gasteiger charge is -2.41. The number of imidazole rings is 1. The van der Waals surface area contributed by atoms with Gasteiger partial charge in [0.15, 0.2) is 11.5 Å². The normalized spacial score (nSPS) is 26.2. The van der Waals surface area contributed by atoms with Gasteiger partial charge in [-0.2, -0.15) is 0 Å². The second-order valence-electron chi connectivity index (χ2n) is 14.7. The Hall–Kier alpha value is -5.25. The number of carboxylic acids is 1. The maximum atomic E-state index is 14.3. The minimum atomic E-state index is -1.79. The summed E-state index contributed by atoms with van der Waals surface area (Å²) in [6.07, 6.45) is 3.15. The van der Waals surface area contributed by atoms with Crippen molar-refractivity contribution >= 4 is 23.6 Å². The van der Waals surface area contributed by atoms with Crippen molar-refractivity contribution in [3.05, 3.63) is 107 Å². The molecule has 7 atom stereocenters. The number of carbonyl (C=O) groups is 2. The second kappa shape index (κ2) is 15.8. The molecule has 2 fully saturated rings. The fraction of sp³-hybridized carbons (Fsp3) is 0.390. The highest BCUT2D eigenvalue weighted by Crippen LogP contribution is 2.54. The number of aliphatic carboxylic acids is 1. The van der Waals surface area contributed by atoms with Crippen LogP contribution in [0.2, 0.25) is 0 Å². The van der Waals surface area contributed by atoms with Crippen molar-refractivity contribution in [1.82, 2.24) is 9.97 Å². The molecule has 3 aromatic carbocycles. The third-order valence-electron chi connectivity index (χ3n) is 11.3. The zero-order valence-electron chi connectivity index (χ0n) is 29.9. The lowest BCUT2D eigenvalue weighted by atomic mass is 9.63. The van der Waals surface area contributed by atoms with Crippen LogP contribution in [0.4, 0.5) is 5.69 Å². The van der Waals surface area contributed by atoms with Crippen molar-refractivity contribution in [3.8, 4) is 17.2 Å². The molecule has 1 amide bonds. The highest BCUT2D eigenvalue weighted by Gasteiger charge is 2.50. The zero-order valence-corrected chi connectivity index (χ0v) is 29.9. The molecule has 0 unspecified atom stereocenters. The zero-order chi connectivity index (χ0) is 38.9. The predicted molar refractivity (Wildman–Crippen MR) is 199 cm³/mol. The molecule has 3 heterocycles. The number of aromatic hydroxyl groups is 2. The van der Waals surface area contributed by atoms with Gasteiger partial charge in [-0.1, -0.05) is 55.7 Å². The summed E-state index contributed by atoms with van der Waals surface area (Å²) >= 11 is 0. The smallest absolute Gasteiger partial charge is 0.327 e. The Morgan fingerprint density at radius 1 is 0.964 bits per heavy atom. The van der Waals surface area contributed by atoms with Gasteiger partial charge in [-0.05, 0) is 65.6 Å². The molecule has 2 aliphatic heterocycles. The number of ether oxygens (including phenoxy) is 2. The van der Waals surface area contributed by atoms with Gasteiger partial charge in [0.1, 0.15) is 36.2 Å². The van der Waals surface area contributed by atoms with E-state index in [9.17, 15) is 45.3 Å². The van der Waals surface area contributed by atoms with Crippen LogP contribution >= 0.6 is 0 Å². The average molecular weight is 756 g/mol. The number of H-pyrrole nitrogens is 1. The first kappa shape index (κ1) is 38.0. The molecule has 7 rings (SSSR count). The van der Waals surface area contributed by atoms with Crippen LogP contribution < -0.4 is 9.64 Å². The number of amides is 1. The van der Waals surface area contributed by atoms with Crippen LogP contribution in [-0.2, 0) is 26.2 Å².